The summed E-state index contributed by atoms with van der Waals surface area (Å²) < 4.78 is 47.3. The Bertz CT molecular complexity index is 508. The van der Waals surface area contributed by atoms with Crippen LogP contribution in [0.3, 0.4) is 0 Å². The topological polar surface area (TPSA) is 46.2 Å². The maximum absolute atomic E-state index is 12.4. The van der Waals surface area contributed by atoms with Crippen LogP contribution in [0.15, 0.2) is 29.2 Å². The first kappa shape index (κ1) is 15.9. The van der Waals surface area contributed by atoms with Gasteiger partial charge in [0.05, 0.1) is 4.90 Å². The van der Waals surface area contributed by atoms with Crippen LogP contribution in [-0.4, -0.2) is 19.7 Å². The first-order valence-corrected chi connectivity index (χ1v) is 7.70. The summed E-state index contributed by atoms with van der Waals surface area (Å²) in [6, 6.07) is 5.43. The van der Waals surface area contributed by atoms with Crippen LogP contribution in [0.2, 0.25) is 0 Å². The monoisotopic (exact) mass is 291 g/mol. The second-order valence-electron chi connectivity index (χ2n) is 4.72. The number of halogens is 2. The van der Waals surface area contributed by atoms with Crippen molar-refractivity contribution < 1.29 is 17.2 Å². The van der Waals surface area contributed by atoms with Crippen molar-refractivity contribution in [3.05, 3.63) is 24.3 Å². The molecule has 1 aromatic carbocycles. The number of sulfone groups is 1. The van der Waals surface area contributed by atoms with Crippen molar-refractivity contribution in [2.24, 2.45) is 0 Å². The van der Waals surface area contributed by atoms with Crippen LogP contribution in [0.4, 0.5) is 14.5 Å². The summed E-state index contributed by atoms with van der Waals surface area (Å²) in [6.07, 6.45) is 1.81. The average Bonchev–Trinajstić information content (AvgIpc) is 2.39. The van der Waals surface area contributed by atoms with Crippen molar-refractivity contribution >= 4 is 15.5 Å². The lowest BCUT2D eigenvalue weighted by molar-refractivity contribution is 0.234. The Balaban J connectivity index is 2.95. The molecular formula is C13H19F2NO2S. The smallest absolute Gasteiger partial charge is 0.341 e. The second-order valence-corrected chi connectivity index (χ2v) is 6.64. The minimum absolute atomic E-state index is 0.0941. The van der Waals surface area contributed by atoms with E-state index in [2.05, 4.69) is 12.2 Å². The van der Waals surface area contributed by atoms with Gasteiger partial charge in [-0.1, -0.05) is 13.8 Å². The van der Waals surface area contributed by atoms with Gasteiger partial charge in [0.1, 0.15) is 0 Å². The van der Waals surface area contributed by atoms with Gasteiger partial charge >= 0.3 is 5.76 Å². The van der Waals surface area contributed by atoms with E-state index in [9.17, 15) is 17.2 Å². The third-order valence-corrected chi connectivity index (χ3v) is 4.82. The third kappa shape index (κ3) is 3.65. The van der Waals surface area contributed by atoms with E-state index in [0.717, 1.165) is 18.5 Å². The molecule has 0 saturated heterocycles. The van der Waals surface area contributed by atoms with Crippen LogP contribution in [0.1, 0.15) is 33.6 Å². The van der Waals surface area contributed by atoms with E-state index in [0.29, 0.717) is 0 Å². The Hall–Kier alpha value is -1.17. The molecule has 0 aromatic heterocycles. The molecule has 0 amide bonds. The Morgan fingerprint density at radius 2 is 1.63 bits per heavy atom. The van der Waals surface area contributed by atoms with Gasteiger partial charge in [-0.2, -0.15) is 8.78 Å². The number of rotatable bonds is 6. The van der Waals surface area contributed by atoms with E-state index in [1.165, 1.54) is 24.3 Å². The van der Waals surface area contributed by atoms with Gasteiger partial charge in [-0.05, 0) is 44.0 Å². The molecule has 0 radical (unpaired) electrons. The van der Waals surface area contributed by atoms with Gasteiger partial charge in [0, 0.05) is 11.2 Å². The largest absolute Gasteiger partial charge is 0.380 e. The van der Waals surface area contributed by atoms with Gasteiger partial charge in [-0.25, -0.2) is 8.42 Å². The standard InChI is InChI=1S/C13H19F2NO2S/c1-4-13(3,5-2)16-10-6-8-11(9-7-10)19(17,18)12(14)15/h6-9,12,16H,4-5H2,1-3H3. The van der Waals surface area contributed by atoms with Gasteiger partial charge in [0.25, 0.3) is 0 Å². The van der Waals surface area contributed by atoms with Gasteiger partial charge in [-0.15, -0.1) is 0 Å². The molecule has 1 rings (SSSR count). The van der Waals surface area contributed by atoms with Gasteiger partial charge in [0.2, 0.25) is 9.84 Å². The normalized spacial score (nSPS) is 12.7. The van der Waals surface area contributed by atoms with Crippen LogP contribution in [-0.2, 0) is 9.84 Å². The van der Waals surface area contributed by atoms with E-state index >= 15 is 0 Å². The highest BCUT2D eigenvalue weighted by atomic mass is 32.2. The molecule has 108 valence electrons. The van der Waals surface area contributed by atoms with E-state index in [-0.39, 0.29) is 10.4 Å². The Morgan fingerprint density at radius 1 is 1.16 bits per heavy atom. The van der Waals surface area contributed by atoms with Gasteiger partial charge in [-0.3, -0.25) is 0 Å². The molecule has 0 atom stereocenters. The number of benzene rings is 1. The fourth-order valence-electron chi connectivity index (χ4n) is 1.61. The van der Waals surface area contributed by atoms with E-state index in [1.54, 1.807) is 0 Å². The highest BCUT2D eigenvalue weighted by Crippen LogP contribution is 2.24. The number of nitrogens with one attached hydrogen (secondary N) is 1. The highest BCUT2D eigenvalue weighted by Gasteiger charge is 2.26. The minimum Gasteiger partial charge on any atom is -0.380 e. The number of anilines is 1. The summed E-state index contributed by atoms with van der Waals surface area (Å²) in [6.45, 7) is 6.15. The molecule has 0 saturated carbocycles. The molecule has 0 bridgehead atoms. The number of alkyl halides is 2. The third-order valence-electron chi connectivity index (χ3n) is 3.42. The van der Waals surface area contributed by atoms with Gasteiger partial charge in [0.15, 0.2) is 0 Å². The quantitative estimate of drug-likeness (QED) is 0.869. The lowest BCUT2D eigenvalue weighted by atomic mass is 9.95. The van der Waals surface area contributed by atoms with Crippen molar-refractivity contribution in [1.29, 1.82) is 0 Å². The maximum Gasteiger partial charge on any atom is 0.341 e. The van der Waals surface area contributed by atoms with E-state index in [4.69, 9.17) is 0 Å². The van der Waals surface area contributed by atoms with Crippen molar-refractivity contribution in [2.75, 3.05) is 5.32 Å². The molecule has 0 aliphatic carbocycles. The zero-order valence-electron chi connectivity index (χ0n) is 11.3. The van der Waals surface area contributed by atoms with Crippen molar-refractivity contribution in [1.82, 2.24) is 0 Å². The summed E-state index contributed by atoms with van der Waals surface area (Å²) >= 11 is 0. The molecule has 1 N–H and O–H groups in total. The zero-order valence-corrected chi connectivity index (χ0v) is 12.1. The van der Waals surface area contributed by atoms with Crippen LogP contribution < -0.4 is 5.32 Å². The molecule has 0 aliphatic rings. The highest BCUT2D eigenvalue weighted by molar-refractivity contribution is 7.91. The van der Waals surface area contributed by atoms with Crippen molar-refractivity contribution in [3.8, 4) is 0 Å². The minimum atomic E-state index is -4.51. The summed E-state index contributed by atoms with van der Waals surface area (Å²) in [5, 5.41) is 3.28. The number of hydrogen-bond acceptors (Lipinski definition) is 3. The lowest BCUT2D eigenvalue weighted by Gasteiger charge is -2.29. The van der Waals surface area contributed by atoms with E-state index < -0.39 is 15.6 Å². The predicted octanol–water partition coefficient (Wildman–Crippen LogP) is 3.67. The van der Waals surface area contributed by atoms with Crippen molar-refractivity contribution in [3.63, 3.8) is 0 Å². The van der Waals surface area contributed by atoms with Crippen LogP contribution in [0.5, 0.6) is 0 Å². The first-order chi connectivity index (χ1) is 8.75. The molecule has 0 unspecified atom stereocenters. The summed E-state index contributed by atoms with van der Waals surface area (Å²) in [4.78, 5) is -0.359. The molecule has 3 nitrogen and oxygen atoms in total. The fourth-order valence-corrected chi connectivity index (χ4v) is 2.33. The fraction of sp³-hybridized carbons (Fsp3) is 0.538. The Labute approximate surface area is 112 Å². The molecular weight excluding hydrogens is 272 g/mol. The molecule has 6 heteroatoms. The molecule has 0 heterocycles. The molecule has 0 spiro atoms. The average molecular weight is 291 g/mol. The summed E-state index contributed by atoms with van der Waals surface area (Å²) in [5.41, 5.74) is 0.628. The summed E-state index contributed by atoms with van der Waals surface area (Å²) in [7, 11) is -4.51. The maximum atomic E-state index is 12.4. The Kier molecular flexibility index (Phi) is 4.90. The predicted molar refractivity (Wildman–Crippen MR) is 72.2 cm³/mol. The van der Waals surface area contributed by atoms with E-state index in [1.807, 2.05) is 13.8 Å². The first-order valence-electron chi connectivity index (χ1n) is 6.15. The molecule has 0 aliphatic heterocycles. The van der Waals surface area contributed by atoms with Gasteiger partial charge < -0.3 is 5.32 Å². The zero-order chi connectivity index (χ0) is 14.7. The van der Waals surface area contributed by atoms with Crippen LogP contribution >= 0.6 is 0 Å². The van der Waals surface area contributed by atoms with Crippen molar-refractivity contribution in [2.45, 2.75) is 49.8 Å². The lowest BCUT2D eigenvalue weighted by Crippen LogP contribution is -2.32. The SMILES string of the molecule is CCC(C)(CC)Nc1ccc(S(=O)(=O)C(F)F)cc1. The molecule has 19 heavy (non-hydrogen) atoms. The Morgan fingerprint density at radius 3 is 2.00 bits per heavy atom. The number of hydrogen-bond donors (Lipinski definition) is 1. The molecule has 1 aromatic rings. The van der Waals surface area contributed by atoms with Crippen LogP contribution in [0.25, 0.3) is 0 Å². The van der Waals surface area contributed by atoms with Crippen LogP contribution in [0, 0.1) is 0 Å². The molecule has 0 fully saturated rings. The second kappa shape index (κ2) is 5.86. The summed E-state index contributed by atoms with van der Waals surface area (Å²) in [5.74, 6) is -3.39.